The first-order chi connectivity index (χ1) is 14.4. The van der Waals surface area contributed by atoms with Crippen LogP contribution in [-0.4, -0.2) is 39.8 Å². The maximum Gasteiger partial charge on any atom is 0.414 e. The summed E-state index contributed by atoms with van der Waals surface area (Å²) in [6, 6.07) is 13.8. The van der Waals surface area contributed by atoms with Crippen molar-refractivity contribution < 1.29 is 14.3 Å². The first kappa shape index (κ1) is 19.7. The number of rotatable bonds is 4. The van der Waals surface area contributed by atoms with Gasteiger partial charge in [-0.15, -0.1) is 0 Å². The van der Waals surface area contributed by atoms with E-state index in [-0.39, 0.29) is 12.1 Å². The quantitative estimate of drug-likeness (QED) is 0.663. The first-order valence-electron chi connectivity index (χ1n) is 9.93. The van der Waals surface area contributed by atoms with Crippen molar-refractivity contribution in [3.05, 3.63) is 66.6 Å². The Kier molecular flexibility index (Phi) is 5.27. The molecule has 2 heterocycles. The number of nitrogens with two attached hydrogens (primary N) is 1. The molecule has 1 aliphatic rings. The second-order valence-electron chi connectivity index (χ2n) is 7.56. The molecule has 2 N–H and O–H groups in total. The minimum Gasteiger partial charge on any atom is -0.416 e. The maximum absolute atomic E-state index is 12.1. The molecule has 1 saturated heterocycles. The van der Waals surface area contributed by atoms with E-state index in [9.17, 15) is 9.59 Å². The molecule has 0 aliphatic carbocycles. The normalized spacial score (nSPS) is 14.6. The lowest BCUT2D eigenvalue weighted by molar-refractivity contribution is 0.100. The van der Waals surface area contributed by atoms with Crippen LogP contribution in [-0.2, 0) is 4.74 Å². The number of likely N-dealkylation sites (tertiary alicyclic amines) is 1. The number of hydrogen-bond acceptors (Lipinski definition) is 4. The minimum absolute atomic E-state index is 0.114. The molecule has 3 aromatic rings. The van der Waals surface area contributed by atoms with Crippen molar-refractivity contribution in [3.63, 3.8) is 0 Å². The van der Waals surface area contributed by atoms with Crippen molar-refractivity contribution in [1.82, 2.24) is 14.7 Å². The Hall–Kier alpha value is -3.61. The van der Waals surface area contributed by atoms with Gasteiger partial charge >= 0.3 is 6.09 Å². The van der Waals surface area contributed by atoms with E-state index in [1.165, 1.54) is 0 Å². The number of primary amides is 1. The fraction of sp³-hybridized carbons (Fsp3) is 0.261. The highest BCUT2D eigenvalue weighted by Gasteiger charge is 2.27. The fourth-order valence-electron chi connectivity index (χ4n) is 3.94. The standard InChI is InChI=1S/C23H24N4O3/c1-15(2)30-23(29)26-10-8-18(9-11-26)27-21-13-17(16-6-4-3-5-7-16)12-19(22(24)28)20(21)14-25-27/h3-7,12-14,18H,1,8-11H2,2H3,(H2,24,28). The van der Waals surface area contributed by atoms with Crippen molar-refractivity contribution in [3.8, 4) is 11.1 Å². The molecule has 0 atom stereocenters. The largest absolute Gasteiger partial charge is 0.416 e. The number of allylic oxidation sites excluding steroid dienone is 1. The van der Waals surface area contributed by atoms with E-state index in [2.05, 4.69) is 11.7 Å². The average molecular weight is 404 g/mol. The number of benzene rings is 2. The van der Waals surface area contributed by atoms with Crippen LogP contribution < -0.4 is 5.73 Å². The number of carbonyl (C=O) groups excluding carboxylic acids is 2. The lowest BCUT2D eigenvalue weighted by atomic mass is 9.99. The number of piperidine rings is 1. The molecule has 0 bridgehead atoms. The van der Waals surface area contributed by atoms with Crippen molar-refractivity contribution in [1.29, 1.82) is 0 Å². The molecule has 0 radical (unpaired) electrons. The zero-order valence-corrected chi connectivity index (χ0v) is 16.9. The van der Waals surface area contributed by atoms with Gasteiger partial charge in [-0.2, -0.15) is 5.10 Å². The number of amides is 2. The Balaban J connectivity index is 1.66. The molecule has 0 saturated carbocycles. The molecule has 7 nitrogen and oxygen atoms in total. The van der Waals surface area contributed by atoms with Crippen molar-refractivity contribution in [2.24, 2.45) is 5.73 Å². The van der Waals surface area contributed by atoms with Crippen LogP contribution >= 0.6 is 0 Å². The van der Waals surface area contributed by atoms with Crippen LogP contribution in [0.3, 0.4) is 0 Å². The second-order valence-corrected chi connectivity index (χ2v) is 7.56. The van der Waals surface area contributed by atoms with Gasteiger partial charge < -0.3 is 15.4 Å². The summed E-state index contributed by atoms with van der Waals surface area (Å²) in [5.41, 5.74) is 8.92. The summed E-state index contributed by atoms with van der Waals surface area (Å²) in [5, 5.41) is 5.32. The molecular weight excluding hydrogens is 380 g/mol. The highest BCUT2D eigenvalue weighted by Crippen LogP contribution is 2.32. The Bertz CT molecular complexity index is 1110. The summed E-state index contributed by atoms with van der Waals surface area (Å²) in [4.78, 5) is 25.9. The van der Waals surface area contributed by atoms with E-state index < -0.39 is 5.91 Å². The van der Waals surface area contributed by atoms with E-state index >= 15 is 0 Å². The third-order valence-corrected chi connectivity index (χ3v) is 5.42. The fourth-order valence-corrected chi connectivity index (χ4v) is 3.94. The summed E-state index contributed by atoms with van der Waals surface area (Å²) >= 11 is 0. The van der Waals surface area contributed by atoms with Gasteiger partial charge in [-0.25, -0.2) is 4.79 Å². The van der Waals surface area contributed by atoms with Crippen molar-refractivity contribution in [2.75, 3.05) is 13.1 Å². The lowest BCUT2D eigenvalue weighted by Gasteiger charge is -2.31. The number of nitrogens with zero attached hydrogens (tertiary/aromatic N) is 3. The van der Waals surface area contributed by atoms with Gasteiger partial charge in [0.2, 0.25) is 5.91 Å². The molecule has 1 aromatic heterocycles. The Morgan fingerprint density at radius 2 is 1.83 bits per heavy atom. The Morgan fingerprint density at radius 3 is 2.47 bits per heavy atom. The van der Waals surface area contributed by atoms with Gasteiger partial charge in [0.05, 0.1) is 29.1 Å². The summed E-state index contributed by atoms with van der Waals surface area (Å²) in [6.07, 6.45) is 2.81. The van der Waals surface area contributed by atoms with Gasteiger partial charge in [-0.3, -0.25) is 9.48 Å². The van der Waals surface area contributed by atoms with Crippen LogP contribution in [0.4, 0.5) is 4.79 Å². The third kappa shape index (κ3) is 3.78. The topological polar surface area (TPSA) is 90.4 Å². The summed E-state index contributed by atoms with van der Waals surface area (Å²) in [5.74, 6) is -0.0951. The van der Waals surface area contributed by atoms with Crippen LogP contribution in [0.15, 0.2) is 61.0 Å². The highest BCUT2D eigenvalue weighted by molar-refractivity contribution is 6.07. The van der Waals surface area contributed by atoms with Crippen LogP contribution in [0.1, 0.15) is 36.2 Å². The predicted octanol–water partition coefficient (Wildman–Crippen LogP) is 4.11. The highest BCUT2D eigenvalue weighted by atomic mass is 16.6. The van der Waals surface area contributed by atoms with Crippen LogP contribution in [0, 0.1) is 0 Å². The molecule has 30 heavy (non-hydrogen) atoms. The molecule has 0 spiro atoms. The SMILES string of the molecule is C=C(C)OC(=O)N1CCC(n2ncc3c(C(N)=O)cc(-c4ccccc4)cc32)CC1. The van der Waals surface area contributed by atoms with E-state index in [0.717, 1.165) is 34.9 Å². The summed E-state index contributed by atoms with van der Waals surface area (Å²) in [7, 11) is 0. The molecule has 2 aromatic carbocycles. The lowest BCUT2D eigenvalue weighted by Crippen LogP contribution is -2.39. The number of hydrogen-bond donors (Lipinski definition) is 1. The van der Waals surface area contributed by atoms with E-state index in [0.29, 0.717) is 24.4 Å². The van der Waals surface area contributed by atoms with Crippen LogP contribution in [0.5, 0.6) is 0 Å². The zero-order valence-electron chi connectivity index (χ0n) is 16.9. The minimum atomic E-state index is -0.477. The molecule has 1 fully saturated rings. The van der Waals surface area contributed by atoms with Crippen LogP contribution in [0.2, 0.25) is 0 Å². The molecule has 154 valence electrons. The summed E-state index contributed by atoms with van der Waals surface area (Å²) < 4.78 is 7.07. The average Bonchev–Trinajstić information content (AvgIpc) is 3.17. The summed E-state index contributed by atoms with van der Waals surface area (Å²) in [6.45, 7) is 6.40. The molecule has 1 aliphatic heterocycles. The molecule has 2 amide bonds. The van der Waals surface area contributed by atoms with Gasteiger partial charge in [-0.05, 0) is 43.0 Å². The molecule has 7 heteroatoms. The zero-order chi connectivity index (χ0) is 21.3. The Labute approximate surface area is 174 Å². The Morgan fingerprint density at radius 1 is 1.13 bits per heavy atom. The van der Waals surface area contributed by atoms with Gasteiger partial charge in [0.15, 0.2) is 0 Å². The van der Waals surface area contributed by atoms with Crippen LogP contribution in [0.25, 0.3) is 22.0 Å². The molecular formula is C23H24N4O3. The van der Waals surface area contributed by atoms with E-state index in [1.807, 2.05) is 47.1 Å². The predicted molar refractivity (Wildman–Crippen MR) is 115 cm³/mol. The molecule has 0 unspecified atom stereocenters. The van der Waals surface area contributed by atoms with Crippen molar-refractivity contribution >= 4 is 22.9 Å². The third-order valence-electron chi connectivity index (χ3n) is 5.42. The number of ether oxygens (including phenoxy) is 1. The number of fused-ring (bicyclic) bond motifs is 1. The number of carbonyl (C=O) groups is 2. The first-order valence-corrected chi connectivity index (χ1v) is 9.93. The second kappa shape index (κ2) is 8.02. The van der Waals surface area contributed by atoms with Gasteiger partial charge in [0.25, 0.3) is 0 Å². The van der Waals surface area contributed by atoms with E-state index in [4.69, 9.17) is 10.5 Å². The monoisotopic (exact) mass is 404 g/mol. The number of aromatic nitrogens is 2. The maximum atomic E-state index is 12.1. The van der Waals surface area contributed by atoms with Gasteiger partial charge in [0.1, 0.15) is 0 Å². The smallest absolute Gasteiger partial charge is 0.414 e. The van der Waals surface area contributed by atoms with E-state index in [1.54, 1.807) is 18.0 Å². The van der Waals surface area contributed by atoms with Gasteiger partial charge in [0, 0.05) is 18.5 Å². The van der Waals surface area contributed by atoms with Crippen molar-refractivity contribution in [2.45, 2.75) is 25.8 Å². The molecule has 4 rings (SSSR count). The van der Waals surface area contributed by atoms with Gasteiger partial charge in [-0.1, -0.05) is 36.9 Å².